The third kappa shape index (κ3) is 6.87. The van der Waals surface area contributed by atoms with Gasteiger partial charge in [-0.25, -0.2) is 36.4 Å². The number of hydrogen-bond acceptors (Lipinski definition) is 9. The number of alkyl halides is 2. The third-order valence-electron chi connectivity index (χ3n) is 6.51. The van der Waals surface area contributed by atoms with Crippen LogP contribution < -0.4 is 16.0 Å². The fourth-order valence-electron chi connectivity index (χ4n) is 4.43. The van der Waals surface area contributed by atoms with Crippen LogP contribution in [0.5, 0.6) is 0 Å². The second kappa shape index (κ2) is 11.8. The normalized spacial score (nSPS) is 18.3. The van der Waals surface area contributed by atoms with E-state index in [9.17, 15) is 31.5 Å². The zero-order valence-electron chi connectivity index (χ0n) is 21.4. The van der Waals surface area contributed by atoms with E-state index >= 15 is 0 Å². The summed E-state index contributed by atoms with van der Waals surface area (Å²) >= 11 is 0. The van der Waals surface area contributed by atoms with Crippen LogP contribution in [-0.2, 0) is 14.6 Å². The first-order valence-corrected chi connectivity index (χ1v) is 13.9. The van der Waals surface area contributed by atoms with Gasteiger partial charge in [-0.05, 0) is 35.4 Å². The number of ether oxygens (including phenoxy) is 1. The molecule has 10 nitrogen and oxygen atoms in total. The minimum Gasteiger partial charge on any atom is -0.448 e. The largest absolute Gasteiger partial charge is 0.448 e. The summed E-state index contributed by atoms with van der Waals surface area (Å²) in [4.78, 5) is 20.9. The van der Waals surface area contributed by atoms with Gasteiger partial charge in [0.15, 0.2) is 9.84 Å². The summed E-state index contributed by atoms with van der Waals surface area (Å²) in [7, 11) is -3.44. The second-order valence-electron chi connectivity index (χ2n) is 9.30. The Morgan fingerprint density at radius 3 is 2.48 bits per heavy atom. The molecule has 0 aliphatic carbocycles. The molecule has 1 amide bonds. The number of primary amides is 1. The number of rotatable bonds is 10. The number of hydrogen-bond donors (Lipinski definition) is 3. The van der Waals surface area contributed by atoms with Gasteiger partial charge in [-0.2, -0.15) is 0 Å². The molecule has 3 aromatic rings. The van der Waals surface area contributed by atoms with E-state index in [1.165, 1.54) is 66.7 Å². The fourth-order valence-corrected chi connectivity index (χ4v) is 5.31. The number of nitrogens with one attached hydrogen (secondary N) is 1. The van der Waals surface area contributed by atoms with Crippen molar-refractivity contribution < 1.29 is 36.2 Å². The van der Waals surface area contributed by atoms with Gasteiger partial charge in [0, 0.05) is 24.4 Å². The Hall–Kier alpha value is -3.75. The molecule has 14 heteroatoms. The summed E-state index contributed by atoms with van der Waals surface area (Å²) in [6.45, 7) is 0.572. The summed E-state index contributed by atoms with van der Waals surface area (Å²) in [6.07, 6.45) is -0.474. The number of aliphatic hydroxyl groups is 1. The SMILES string of the molecule is CCS(=O)(=O)c1ccc([C@H](COC(N)=O)NC(O)c2cnc(N3CC(F)(F)CC3c3cccc(F)c3)nc2)cc1. The highest BCUT2D eigenvalue weighted by molar-refractivity contribution is 7.91. The van der Waals surface area contributed by atoms with Crippen molar-refractivity contribution in [2.24, 2.45) is 5.73 Å². The van der Waals surface area contributed by atoms with E-state index in [4.69, 9.17) is 10.5 Å². The summed E-state index contributed by atoms with van der Waals surface area (Å²) in [6, 6.07) is 9.58. The Morgan fingerprint density at radius 2 is 1.88 bits per heavy atom. The Labute approximate surface area is 228 Å². The topological polar surface area (TPSA) is 148 Å². The molecule has 1 aliphatic heterocycles. The maximum atomic E-state index is 14.3. The Balaban J connectivity index is 1.53. The van der Waals surface area contributed by atoms with Gasteiger partial charge >= 0.3 is 6.09 Å². The van der Waals surface area contributed by atoms with E-state index in [1.807, 2.05) is 0 Å². The van der Waals surface area contributed by atoms with Crippen LogP contribution in [0.4, 0.5) is 23.9 Å². The first-order valence-electron chi connectivity index (χ1n) is 12.3. The van der Waals surface area contributed by atoms with Crippen LogP contribution in [0, 0.1) is 5.82 Å². The molecule has 1 aliphatic rings. The van der Waals surface area contributed by atoms with E-state index in [2.05, 4.69) is 15.3 Å². The lowest BCUT2D eigenvalue weighted by Crippen LogP contribution is -2.32. The predicted octanol–water partition coefficient (Wildman–Crippen LogP) is 3.41. The molecule has 4 rings (SSSR count). The Morgan fingerprint density at radius 1 is 1.20 bits per heavy atom. The third-order valence-corrected chi connectivity index (χ3v) is 8.26. The molecule has 2 heterocycles. The number of benzene rings is 2. The van der Waals surface area contributed by atoms with Gasteiger partial charge in [-0.15, -0.1) is 0 Å². The first kappa shape index (κ1) is 29.2. The lowest BCUT2D eigenvalue weighted by Gasteiger charge is -2.25. The van der Waals surface area contributed by atoms with Crippen LogP contribution in [0.3, 0.4) is 0 Å². The number of nitrogens with two attached hydrogens (primary N) is 1. The van der Waals surface area contributed by atoms with E-state index in [0.717, 1.165) is 0 Å². The first-order chi connectivity index (χ1) is 18.9. The van der Waals surface area contributed by atoms with E-state index in [-0.39, 0.29) is 28.8 Å². The van der Waals surface area contributed by atoms with Gasteiger partial charge in [0.1, 0.15) is 18.7 Å². The van der Waals surface area contributed by atoms with Crippen molar-refractivity contribution >= 4 is 21.9 Å². The zero-order valence-corrected chi connectivity index (χ0v) is 22.2. The summed E-state index contributed by atoms with van der Waals surface area (Å²) in [5.41, 5.74) is 6.11. The second-order valence-corrected chi connectivity index (χ2v) is 11.6. The number of carbonyl (C=O) groups is 1. The monoisotopic (exact) mass is 579 g/mol. The molecule has 1 aromatic heterocycles. The Bertz CT molecular complexity index is 1440. The van der Waals surface area contributed by atoms with Crippen molar-refractivity contribution in [3.8, 4) is 0 Å². The van der Waals surface area contributed by atoms with Crippen molar-refractivity contribution in [3.63, 3.8) is 0 Å². The molecule has 0 spiro atoms. The van der Waals surface area contributed by atoms with Crippen molar-refractivity contribution in [1.29, 1.82) is 0 Å². The van der Waals surface area contributed by atoms with Crippen molar-refractivity contribution in [1.82, 2.24) is 15.3 Å². The van der Waals surface area contributed by atoms with Crippen LogP contribution in [0.15, 0.2) is 65.8 Å². The highest BCUT2D eigenvalue weighted by Gasteiger charge is 2.46. The van der Waals surface area contributed by atoms with Gasteiger partial charge < -0.3 is 20.5 Å². The number of carbonyl (C=O) groups excluding carboxylic acids is 1. The van der Waals surface area contributed by atoms with Gasteiger partial charge in [0.05, 0.1) is 29.3 Å². The predicted molar refractivity (Wildman–Crippen MR) is 139 cm³/mol. The summed E-state index contributed by atoms with van der Waals surface area (Å²) < 4.78 is 71.6. The molecular formula is C26H28F3N5O5S. The molecule has 40 heavy (non-hydrogen) atoms. The van der Waals surface area contributed by atoms with Crippen molar-refractivity contribution in [3.05, 3.63) is 83.4 Å². The van der Waals surface area contributed by atoms with Crippen LogP contribution in [0.2, 0.25) is 0 Å². The quantitative estimate of drug-likeness (QED) is 0.307. The number of halogens is 3. The van der Waals surface area contributed by atoms with Crippen LogP contribution in [0.25, 0.3) is 0 Å². The van der Waals surface area contributed by atoms with Gasteiger partial charge in [0.2, 0.25) is 5.95 Å². The van der Waals surface area contributed by atoms with Crippen LogP contribution >= 0.6 is 0 Å². The molecule has 214 valence electrons. The molecule has 3 atom stereocenters. The van der Waals surface area contributed by atoms with Crippen LogP contribution in [0.1, 0.15) is 48.3 Å². The highest BCUT2D eigenvalue weighted by atomic mass is 32.2. The number of amides is 1. The van der Waals surface area contributed by atoms with Gasteiger partial charge in [-0.1, -0.05) is 31.2 Å². The zero-order chi connectivity index (χ0) is 29.1. The number of sulfone groups is 1. The molecule has 2 unspecified atom stereocenters. The lowest BCUT2D eigenvalue weighted by molar-refractivity contribution is 0.0222. The van der Waals surface area contributed by atoms with Gasteiger partial charge in [0.25, 0.3) is 5.92 Å². The molecule has 0 bridgehead atoms. The minimum absolute atomic E-state index is 0.0243. The Kier molecular flexibility index (Phi) is 8.61. The fraction of sp³-hybridized carbons (Fsp3) is 0.346. The molecular weight excluding hydrogens is 551 g/mol. The van der Waals surface area contributed by atoms with Crippen LogP contribution in [-0.4, -0.2) is 54.4 Å². The van der Waals surface area contributed by atoms with E-state index in [1.54, 1.807) is 6.07 Å². The summed E-state index contributed by atoms with van der Waals surface area (Å²) in [5, 5.41) is 13.6. The lowest BCUT2D eigenvalue weighted by atomic mass is 10.0. The number of aliphatic hydroxyl groups excluding tert-OH is 1. The standard InChI is InChI=1S/C26H28F3N5O5S/c1-2-40(37,38)20-8-6-16(7-9-20)21(14-39-24(30)36)33-23(35)18-12-31-25(32-13-18)34-15-26(28,29)11-22(34)17-4-3-5-19(27)10-17/h3-10,12-13,21-23,33,35H,2,11,14-15H2,1H3,(H2,30,36)/t21-,22?,23?/m0/s1. The molecule has 4 N–H and O–H groups in total. The molecule has 0 saturated carbocycles. The highest BCUT2D eigenvalue weighted by Crippen LogP contribution is 2.42. The molecule has 0 radical (unpaired) electrons. The number of anilines is 1. The van der Waals surface area contributed by atoms with Crippen molar-refractivity contribution in [2.75, 3.05) is 23.8 Å². The number of aromatic nitrogens is 2. The maximum absolute atomic E-state index is 14.3. The molecule has 1 fully saturated rings. The molecule has 2 aromatic carbocycles. The van der Waals surface area contributed by atoms with E-state index < -0.39 is 58.9 Å². The minimum atomic E-state index is -3.44. The average molecular weight is 580 g/mol. The van der Waals surface area contributed by atoms with Crippen molar-refractivity contribution in [2.45, 2.75) is 42.5 Å². The smallest absolute Gasteiger partial charge is 0.404 e. The van der Waals surface area contributed by atoms with E-state index in [0.29, 0.717) is 11.1 Å². The number of nitrogens with zero attached hydrogens (tertiary/aromatic N) is 3. The average Bonchev–Trinajstić information content (AvgIpc) is 3.26. The van der Waals surface area contributed by atoms with Gasteiger partial charge in [-0.3, -0.25) is 5.32 Å². The molecule has 1 saturated heterocycles. The summed E-state index contributed by atoms with van der Waals surface area (Å²) in [5.74, 6) is -3.69. The maximum Gasteiger partial charge on any atom is 0.404 e.